The van der Waals surface area contributed by atoms with Gasteiger partial charge in [-0.25, -0.2) is 0 Å². The molecule has 1 atom stereocenters. The van der Waals surface area contributed by atoms with E-state index < -0.39 is 0 Å². The Morgan fingerprint density at radius 2 is 1.54 bits per heavy atom. The minimum Gasteiger partial charge on any atom is -0.297 e. The van der Waals surface area contributed by atoms with Crippen molar-refractivity contribution in [3.63, 3.8) is 0 Å². The number of nitrogens with zero attached hydrogens (tertiary/aromatic N) is 1. The second-order valence-corrected chi connectivity index (χ2v) is 5.22. The quantitative estimate of drug-likeness (QED) is 0.630. The summed E-state index contributed by atoms with van der Waals surface area (Å²) in [5, 5.41) is 0. The average Bonchev–Trinajstić information content (AvgIpc) is 2.30. The number of rotatable bonds is 2. The molecule has 74 valence electrons. The lowest BCUT2D eigenvalue weighted by molar-refractivity contribution is 0.0578. The van der Waals surface area contributed by atoms with Gasteiger partial charge in [0.25, 0.3) is 0 Å². The molecule has 1 saturated heterocycles. The Morgan fingerprint density at radius 3 is 2.08 bits per heavy atom. The van der Waals surface area contributed by atoms with Crippen LogP contribution in [0.15, 0.2) is 0 Å². The van der Waals surface area contributed by atoms with Gasteiger partial charge in [-0.2, -0.15) is 0 Å². The topological polar surface area (TPSA) is 3.24 Å². The summed E-state index contributed by atoms with van der Waals surface area (Å²) in [4.78, 5) is 2.87. The molecule has 0 bridgehead atoms. The third-order valence-corrected chi connectivity index (χ3v) is 4.58. The van der Waals surface area contributed by atoms with Gasteiger partial charge < -0.3 is 0 Å². The molecule has 3 aliphatic rings. The second kappa shape index (κ2) is 3.27. The zero-order valence-corrected chi connectivity index (χ0v) is 8.54. The van der Waals surface area contributed by atoms with Crippen molar-refractivity contribution in [2.75, 3.05) is 6.54 Å². The number of likely N-dealkylation sites (tertiary alicyclic amines) is 1. The lowest BCUT2D eigenvalue weighted by Gasteiger charge is -2.44. The summed E-state index contributed by atoms with van der Waals surface area (Å²) in [6.07, 6.45) is 12.1. The molecule has 0 aromatic rings. The third-order valence-electron chi connectivity index (χ3n) is 4.58. The molecular formula is C12H21N. The molecule has 0 N–H and O–H groups in total. The normalized spacial score (nSPS) is 37.4. The summed E-state index contributed by atoms with van der Waals surface area (Å²) in [7, 11) is 0. The molecular weight excluding hydrogens is 158 g/mol. The van der Waals surface area contributed by atoms with Crippen molar-refractivity contribution in [1.82, 2.24) is 4.90 Å². The van der Waals surface area contributed by atoms with Crippen LogP contribution >= 0.6 is 0 Å². The van der Waals surface area contributed by atoms with Gasteiger partial charge in [-0.3, -0.25) is 4.90 Å². The highest BCUT2D eigenvalue weighted by molar-refractivity contribution is 4.94. The van der Waals surface area contributed by atoms with Gasteiger partial charge in [0.05, 0.1) is 0 Å². The van der Waals surface area contributed by atoms with Crippen LogP contribution < -0.4 is 0 Å². The minimum atomic E-state index is 1.01. The highest BCUT2D eigenvalue weighted by Crippen LogP contribution is 2.40. The maximum absolute atomic E-state index is 2.87. The van der Waals surface area contributed by atoms with Gasteiger partial charge in [-0.1, -0.05) is 12.8 Å². The van der Waals surface area contributed by atoms with E-state index in [0.29, 0.717) is 0 Å². The molecule has 0 amide bonds. The van der Waals surface area contributed by atoms with Crippen LogP contribution in [0.4, 0.5) is 0 Å². The van der Waals surface area contributed by atoms with Crippen LogP contribution in [0, 0.1) is 5.92 Å². The first kappa shape index (κ1) is 8.28. The first-order valence-electron chi connectivity index (χ1n) is 6.21. The molecule has 2 aliphatic carbocycles. The van der Waals surface area contributed by atoms with Crippen molar-refractivity contribution in [2.45, 2.75) is 63.5 Å². The van der Waals surface area contributed by atoms with E-state index in [1.165, 1.54) is 57.9 Å². The number of hydrogen-bond donors (Lipinski definition) is 0. The molecule has 3 rings (SSSR count). The fourth-order valence-electron chi connectivity index (χ4n) is 3.32. The lowest BCUT2D eigenvalue weighted by Crippen LogP contribution is -2.47. The van der Waals surface area contributed by atoms with Gasteiger partial charge in [0, 0.05) is 12.1 Å². The van der Waals surface area contributed by atoms with Crippen molar-refractivity contribution in [3.05, 3.63) is 0 Å². The molecule has 3 fully saturated rings. The van der Waals surface area contributed by atoms with Crippen LogP contribution in [-0.2, 0) is 0 Å². The van der Waals surface area contributed by atoms with Crippen LogP contribution in [0.2, 0.25) is 0 Å². The molecule has 1 heteroatoms. The van der Waals surface area contributed by atoms with Crippen molar-refractivity contribution in [1.29, 1.82) is 0 Å². The summed E-state index contributed by atoms with van der Waals surface area (Å²) in [6.45, 7) is 1.42. The smallest absolute Gasteiger partial charge is 0.0127 e. The van der Waals surface area contributed by atoms with E-state index in [2.05, 4.69) is 4.90 Å². The summed E-state index contributed by atoms with van der Waals surface area (Å²) < 4.78 is 0. The molecule has 0 aromatic heterocycles. The molecule has 1 aliphatic heterocycles. The van der Waals surface area contributed by atoms with Gasteiger partial charge in [0.1, 0.15) is 0 Å². The Balaban J connectivity index is 1.63. The predicted molar refractivity (Wildman–Crippen MR) is 54.7 cm³/mol. The van der Waals surface area contributed by atoms with Crippen molar-refractivity contribution in [2.24, 2.45) is 5.92 Å². The van der Waals surface area contributed by atoms with Crippen LogP contribution in [0.5, 0.6) is 0 Å². The SMILES string of the molecule is C1CC(C2CCCN2C2CCC2)C1. The molecule has 2 saturated carbocycles. The zero-order valence-electron chi connectivity index (χ0n) is 8.54. The largest absolute Gasteiger partial charge is 0.297 e. The van der Waals surface area contributed by atoms with Crippen molar-refractivity contribution in [3.8, 4) is 0 Å². The van der Waals surface area contributed by atoms with E-state index in [9.17, 15) is 0 Å². The predicted octanol–water partition coefficient (Wildman–Crippen LogP) is 2.80. The highest BCUT2D eigenvalue weighted by Gasteiger charge is 2.39. The summed E-state index contributed by atoms with van der Waals surface area (Å²) in [6, 6.07) is 2.02. The van der Waals surface area contributed by atoms with Crippen molar-refractivity contribution < 1.29 is 0 Å². The lowest BCUT2D eigenvalue weighted by atomic mass is 9.77. The minimum absolute atomic E-state index is 1.01. The van der Waals surface area contributed by atoms with Gasteiger partial charge in [-0.15, -0.1) is 0 Å². The van der Waals surface area contributed by atoms with Gasteiger partial charge in [0.15, 0.2) is 0 Å². The monoisotopic (exact) mass is 179 g/mol. The van der Waals surface area contributed by atoms with Gasteiger partial charge >= 0.3 is 0 Å². The maximum atomic E-state index is 2.87. The summed E-state index contributed by atoms with van der Waals surface area (Å²) in [5.41, 5.74) is 0. The fourth-order valence-corrected chi connectivity index (χ4v) is 3.32. The molecule has 1 nitrogen and oxygen atoms in total. The highest BCUT2D eigenvalue weighted by atomic mass is 15.2. The van der Waals surface area contributed by atoms with E-state index in [1.54, 1.807) is 0 Å². The zero-order chi connectivity index (χ0) is 8.67. The summed E-state index contributed by atoms with van der Waals surface area (Å²) >= 11 is 0. The molecule has 1 heterocycles. The average molecular weight is 179 g/mol. The first-order valence-corrected chi connectivity index (χ1v) is 6.21. The molecule has 0 spiro atoms. The van der Waals surface area contributed by atoms with Crippen molar-refractivity contribution >= 4 is 0 Å². The third kappa shape index (κ3) is 1.32. The number of hydrogen-bond acceptors (Lipinski definition) is 1. The molecule has 0 radical (unpaired) electrons. The fraction of sp³-hybridized carbons (Fsp3) is 1.00. The standard InChI is InChI=1S/C12H21N/c1-4-10(5-1)12-8-3-9-13(12)11-6-2-7-11/h10-12H,1-9H2. The Bertz CT molecular complexity index is 162. The van der Waals surface area contributed by atoms with Crippen LogP contribution in [0.1, 0.15) is 51.4 Å². The van der Waals surface area contributed by atoms with E-state index in [4.69, 9.17) is 0 Å². The Morgan fingerprint density at radius 1 is 0.769 bits per heavy atom. The molecule has 1 unspecified atom stereocenters. The van der Waals surface area contributed by atoms with E-state index in [0.717, 1.165) is 18.0 Å². The van der Waals surface area contributed by atoms with E-state index >= 15 is 0 Å². The Hall–Kier alpha value is -0.0400. The maximum Gasteiger partial charge on any atom is 0.0127 e. The van der Waals surface area contributed by atoms with Crippen LogP contribution in [0.25, 0.3) is 0 Å². The Labute approximate surface area is 81.5 Å². The summed E-state index contributed by atoms with van der Waals surface area (Å²) in [5.74, 6) is 1.10. The second-order valence-electron chi connectivity index (χ2n) is 5.22. The van der Waals surface area contributed by atoms with Crippen LogP contribution in [0.3, 0.4) is 0 Å². The molecule has 13 heavy (non-hydrogen) atoms. The van der Waals surface area contributed by atoms with Gasteiger partial charge in [0.2, 0.25) is 0 Å². The van der Waals surface area contributed by atoms with Gasteiger partial charge in [-0.05, 0) is 51.0 Å². The van der Waals surface area contributed by atoms with E-state index in [1.807, 2.05) is 0 Å². The Kier molecular flexibility index (Phi) is 2.08. The first-order chi connectivity index (χ1) is 6.45. The molecule has 0 aromatic carbocycles. The van der Waals surface area contributed by atoms with E-state index in [-0.39, 0.29) is 0 Å². The van der Waals surface area contributed by atoms with Crippen LogP contribution in [-0.4, -0.2) is 23.5 Å².